The minimum Gasteiger partial charge on any atom is -0.369 e. The largest absolute Gasteiger partial charge is 0.369 e. The summed E-state index contributed by atoms with van der Waals surface area (Å²) >= 11 is 5.93. The lowest BCUT2D eigenvalue weighted by Crippen LogP contribution is -2.30. The van der Waals surface area contributed by atoms with Gasteiger partial charge in [0, 0.05) is 42.0 Å². The zero-order valence-corrected chi connectivity index (χ0v) is 17.9. The Bertz CT molecular complexity index is 1260. The molecule has 1 N–H and O–H groups in total. The van der Waals surface area contributed by atoms with E-state index in [4.69, 9.17) is 16.1 Å². The fourth-order valence-corrected chi connectivity index (χ4v) is 3.90. The van der Waals surface area contributed by atoms with E-state index in [2.05, 4.69) is 26.5 Å². The van der Waals surface area contributed by atoms with E-state index in [1.54, 1.807) is 30.5 Å². The Kier molecular flexibility index (Phi) is 5.56. The van der Waals surface area contributed by atoms with Crippen molar-refractivity contribution < 1.29 is 9.32 Å². The van der Waals surface area contributed by atoms with Crippen molar-refractivity contribution in [1.82, 2.24) is 15.1 Å². The van der Waals surface area contributed by atoms with Gasteiger partial charge in [0.25, 0.3) is 5.91 Å². The summed E-state index contributed by atoms with van der Waals surface area (Å²) in [5.74, 6) is 1.49. The smallest absolute Gasteiger partial charge is 0.262 e. The fourth-order valence-electron chi connectivity index (χ4n) is 3.77. The molecule has 0 fully saturated rings. The Morgan fingerprint density at radius 3 is 2.81 bits per heavy atom. The monoisotopic (exact) mass is 445 g/mol. The predicted molar refractivity (Wildman–Crippen MR) is 123 cm³/mol. The molecule has 0 saturated heterocycles. The van der Waals surface area contributed by atoms with Crippen molar-refractivity contribution in [3.63, 3.8) is 0 Å². The van der Waals surface area contributed by atoms with Gasteiger partial charge in [-0.3, -0.25) is 4.79 Å². The molecular formula is C24H20ClN5O2. The van der Waals surface area contributed by atoms with Crippen molar-refractivity contribution in [2.75, 3.05) is 23.3 Å². The molecule has 2 aromatic carbocycles. The summed E-state index contributed by atoms with van der Waals surface area (Å²) in [6.45, 7) is 1.16. The van der Waals surface area contributed by atoms with Gasteiger partial charge < -0.3 is 14.7 Å². The average Bonchev–Trinajstić information content (AvgIpc) is 3.47. The number of carbonyl (C=O) groups excluding carboxylic acids is 1. The van der Waals surface area contributed by atoms with Crippen LogP contribution < -0.4 is 10.2 Å². The molecule has 4 aromatic rings. The van der Waals surface area contributed by atoms with Gasteiger partial charge in [0.2, 0.25) is 11.7 Å². The van der Waals surface area contributed by atoms with Gasteiger partial charge in [0.15, 0.2) is 0 Å². The van der Waals surface area contributed by atoms with E-state index >= 15 is 0 Å². The Morgan fingerprint density at radius 1 is 1.09 bits per heavy atom. The first-order chi connectivity index (χ1) is 15.7. The maximum atomic E-state index is 13.2. The van der Waals surface area contributed by atoms with Crippen molar-refractivity contribution in [3.05, 3.63) is 88.9 Å². The third kappa shape index (κ3) is 4.07. The number of amides is 1. The molecule has 1 amide bonds. The number of benzene rings is 2. The molecule has 3 heterocycles. The van der Waals surface area contributed by atoms with Crippen LogP contribution in [0.25, 0.3) is 11.4 Å². The normalized spacial score (nSPS) is 12.6. The second-order valence-corrected chi connectivity index (χ2v) is 7.87. The minimum atomic E-state index is -0.0617. The summed E-state index contributed by atoms with van der Waals surface area (Å²) in [6, 6.07) is 18.8. The Morgan fingerprint density at radius 2 is 1.94 bits per heavy atom. The highest BCUT2D eigenvalue weighted by Crippen LogP contribution is 2.30. The van der Waals surface area contributed by atoms with Crippen LogP contribution in [0.4, 0.5) is 11.5 Å². The van der Waals surface area contributed by atoms with Crippen LogP contribution in [0.1, 0.15) is 21.8 Å². The van der Waals surface area contributed by atoms with E-state index in [-0.39, 0.29) is 5.91 Å². The van der Waals surface area contributed by atoms with Crippen LogP contribution in [0.5, 0.6) is 0 Å². The number of nitrogens with one attached hydrogen (secondary N) is 1. The number of aromatic nitrogens is 3. The molecule has 0 radical (unpaired) electrons. The van der Waals surface area contributed by atoms with Crippen LogP contribution in [0.3, 0.4) is 0 Å². The summed E-state index contributed by atoms with van der Waals surface area (Å²) in [6.07, 6.45) is 3.03. The number of rotatable bonds is 6. The van der Waals surface area contributed by atoms with E-state index in [9.17, 15) is 4.79 Å². The van der Waals surface area contributed by atoms with Crippen molar-refractivity contribution in [2.45, 2.75) is 12.8 Å². The molecule has 0 atom stereocenters. The fraction of sp³-hybridized carbons (Fsp3) is 0.167. The number of para-hydroxylation sites is 1. The van der Waals surface area contributed by atoms with Gasteiger partial charge in [0.05, 0.1) is 5.56 Å². The van der Waals surface area contributed by atoms with Gasteiger partial charge in [-0.2, -0.15) is 4.98 Å². The minimum absolute atomic E-state index is 0.0617. The van der Waals surface area contributed by atoms with E-state index < -0.39 is 0 Å². The molecule has 1 aliphatic heterocycles. The maximum absolute atomic E-state index is 13.2. The highest BCUT2D eigenvalue weighted by atomic mass is 35.5. The van der Waals surface area contributed by atoms with E-state index in [1.807, 2.05) is 35.2 Å². The van der Waals surface area contributed by atoms with Crippen LogP contribution in [0, 0.1) is 0 Å². The third-order valence-corrected chi connectivity index (χ3v) is 5.62. The topological polar surface area (TPSA) is 84.2 Å². The second-order valence-electron chi connectivity index (χ2n) is 7.43. The van der Waals surface area contributed by atoms with Crippen molar-refractivity contribution in [2.24, 2.45) is 0 Å². The lowest BCUT2D eigenvalue weighted by molar-refractivity contribution is 0.0990. The van der Waals surface area contributed by atoms with E-state index in [0.717, 1.165) is 17.7 Å². The highest BCUT2D eigenvalue weighted by Gasteiger charge is 2.27. The number of pyridine rings is 1. The highest BCUT2D eigenvalue weighted by molar-refractivity contribution is 6.30. The van der Waals surface area contributed by atoms with Crippen molar-refractivity contribution >= 4 is 29.0 Å². The quantitative estimate of drug-likeness (QED) is 0.465. The molecule has 0 saturated carbocycles. The first-order valence-electron chi connectivity index (χ1n) is 10.4. The lowest BCUT2D eigenvalue weighted by atomic mass is 10.1. The van der Waals surface area contributed by atoms with Crippen LogP contribution in [-0.4, -0.2) is 34.1 Å². The molecule has 32 heavy (non-hydrogen) atoms. The van der Waals surface area contributed by atoms with E-state index in [1.165, 1.54) is 5.56 Å². The molecule has 0 aliphatic carbocycles. The molecule has 1 aliphatic rings. The molecular weight excluding hydrogens is 426 g/mol. The third-order valence-electron chi connectivity index (χ3n) is 5.37. The number of hydrogen-bond acceptors (Lipinski definition) is 6. The van der Waals surface area contributed by atoms with Gasteiger partial charge in [0.1, 0.15) is 5.82 Å². The summed E-state index contributed by atoms with van der Waals surface area (Å²) in [7, 11) is 0. The van der Waals surface area contributed by atoms with Gasteiger partial charge in [-0.15, -0.1) is 0 Å². The van der Waals surface area contributed by atoms with Crippen LogP contribution in [0.2, 0.25) is 5.02 Å². The number of anilines is 2. The molecule has 7 nitrogen and oxygen atoms in total. The Balaban J connectivity index is 1.26. The number of halogens is 1. The Labute approximate surface area is 190 Å². The van der Waals surface area contributed by atoms with Crippen LogP contribution in [0.15, 0.2) is 71.4 Å². The lowest BCUT2D eigenvalue weighted by Gasteiger charge is -2.19. The zero-order chi connectivity index (χ0) is 21.9. The van der Waals surface area contributed by atoms with E-state index in [0.29, 0.717) is 47.6 Å². The molecule has 0 bridgehead atoms. The summed E-state index contributed by atoms with van der Waals surface area (Å²) in [5.41, 5.74) is 3.53. The van der Waals surface area contributed by atoms with Crippen molar-refractivity contribution in [1.29, 1.82) is 0 Å². The predicted octanol–water partition coefficient (Wildman–Crippen LogP) is 4.64. The first kappa shape index (κ1) is 20.2. The first-order valence-corrected chi connectivity index (χ1v) is 10.7. The summed E-state index contributed by atoms with van der Waals surface area (Å²) in [5, 5.41) is 7.92. The SMILES string of the molecule is O=C(c1cccnc1NCCc1nc(-c2ccc(Cl)cc2)no1)N1CCc2ccccc21. The second kappa shape index (κ2) is 8.80. The molecule has 160 valence electrons. The molecule has 0 spiro atoms. The van der Waals surface area contributed by atoms with Crippen molar-refractivity contribution in [3.8, 4) is 11.4 Å². The summed E-state index contributed by atoms with van der Waals surface area (Å²) in [4.78, 5) is 23.9. The molecule has 8 heteroatoms. The number of fused-ring (bicyclic) bond motifs is 1. The van der Waals surface area contributed by atoms with Gasteiger partial charge in [-0.25, -0.2) is 4.98 Å². The van der Waals surface area contributed by atoms with Gasteiger partial charge >= 0.3 is 0 Å². The molecule has 2 aromatic heterocycles. The van der Waals surface area contributed by atoms with Crippen LogP contribution in [-0.2, 0) is 12.8 Å². The Hall–Kier alpha value is -3.71. The molecule has 5 rings (SSSR count). The number of carbonyl (C=O) groups is 1. The standard InChI is InChI=1S/C24H20ClN5O2/c25-18-9-7-17(8-10-18)22-28-21(32-29-22)11-14-27-23-19(5-3-13-26-23)24(31)30-15-12-16-4-1-2-6-20(16)30/h1-10,13H,11-12,14-15H2,(H,26,27). The average molecular weight is 446 g/mol. The number of hydrogen-bond donors (Lipinski definition) is 1. The van der Waals surface area contributed by atoms with Gasteiger partial charge in [-0.05, 0) is 54.4 Å². The molecule has 0 unspecified atom stereocenters. The zero-order valence-electron chi connectivity index (χ0n) is 17.2. The summed E-state index contributed by atoms with van der Waals surface area (Å²) < 4.78 is 5.36. The maximum Gasteiger partial charge on any atom is 0.262 e. The van der Waals surface area contributed by atoms with Gasteiger partial charge in [-0.1, -0.05) is 35.0 Å². The number of nitrogens with zero attached hydrogens (tertiary/aromatic N) is 4. The van der Waals surface area contributed by atoms with Crippen LogP contribution >= 0.6 is 11.6 Å².